The fraction of sp³-hybridized carbons (Fsp3) is 0.471. The number of esters is 1. The van der Waals surface area contributed by atoms with Gasteiger partial charge in [0, 0.05) is 19.2 Å². The number of benzene rings is 1. The van der Waals surface area contributed by atoms with Crippen LogP contribution in [0, 0.1) is 0 Å². The number of halogens is 3. The van der Waals surface area contributed by atoms with Crippen molar-refractivity contribution in [2.75, 3.05) is 13.7 Å². The summed E-state index contributed by atoms with van der Waals surface area (Å²) in [6.07, 6.45) is -4.78. The second kappa shape index (κ2) is 7.59. The van der Waals surface area contributed by atoms with Crippen molar-refractivity contribution < 1.29 is 27.8 Å². The number of hydrogen-bond acceptors (Lipinski definition) is 4. The summed E-state index contributed by atoms with van der Waals surface area (Å²) in [5.74, 6) is -3.56. The molecule has 134 valence electrons. The van der Waals surface area contributed by atoms with Crippen LogP contribution in [0.5, 0.6) is 0 Å². The maximum absolute atomic E-state index is 12.3. The van der Waals surface area contributed by atoms with Gasteiger partial charge in [-0.3, -0.25) is 0 Å². The summed E-state index contributed by atoms with van der Waals surface area (Å²) in [5.41, 5.74) is 0.916. The number of ether oxygens (including phenoxy) is 1. The third kappa shape index (κ3) is 5.47. The molecule has 0 amide bonds. The van der Waals surface area contributed by atoms with Gasteiger partial charge in [-0.2, -0.15) is 13.2 Å². The molecule has 1 aromatic rings. The standard InChI is InChI=1S/C17H22F3NO3/c1-16(2,3)12-7-5-11(6-8-12)9-10-24-15(23)13(21-4)14(22)17(18,19)20/h5-8,21-22H,9-10H2,1-4H3/p-1/b14-13+. The molecule has 1 N–H and O–H groups in total. The molecule has 0 atom stereocenters. The predicted octanol–water partition coefficient (Wildman–Crippen LogP) is 2.42. The molecule has 0 aliphatic heterocycles. The Morgan fingerprint density at radius 3 is 2.12 bits per heavy atom. The van der Waals surface area contributed by atoms with E-state index in [-0.39, 0.29) is 12.0 Å². The van der Waals surface area contributed by atoms with Crippen molar-refractivity contribution in [3.8, 4) is 0 Å². The summed E-state index contributed by atoms with van der Waals surface area (Å²) in [6, 6.07) is 7.65. The van der Waals surface area contributed by atoms with Gasteiger partial charge in [0.05, 0.1) is 6.61 Å². The smallest absolute Gasteiger partial charge is 0.404 e. The maximum Gasteiger partial charge on any atom is 0.404 e. The zero-order valence-corrected chi connectivity index (χ0v) is 14.1. The van der Waals surface area contributed by atoms with Gasteiger partial charge in [-0.25, -0.2) is 4.79 Å². The topological polar surface area (TPSA) is 61.4 Å². The Labute approximate surface area is 139 Å². The Morgan fingerprint density at radius 1 is 1.17 bits per heavy atom. The minimum Gasteiger partial charge on any atom is -0.868 e. The van der Waals surface area contributed by atoms with Crippen LogP contribution in [-0.4, -0.2) is 25.8 Å². The van der Waals surface area contributed by atoms with Gasteiger partial charge in [0.2, 0.25) is 0 Å². The number of carbonyl (C=O) groups excluding carboxylic acids is 1. The number of alkyl halides is 3. The first-order chi connectivity index (χ1) is 11.0. The van der Waals surface area contributed by atoms with E-state index in [2.05, 4.69) is 20.8 Å². The zero-order valence-electron chi connectivity index (χ0n) is 14.1. The zero-order chi connectivity index (χ0) is 18.5. The number of nitrogens with one attached hydrogen (secondary N) is 1. The molecule has 4 nitrogen and oxygen atoms in total. The molecule has 7 heteroatoms. The lowest BCUT2D eigenvalue weighted by Crippen LogP contribution is -2.33. The summed E-state index contributed by atoms with van der Waals surface area (Å²) in [6.45, 7) is 6.12. The molecule has 24 heavy (non-hydrogen) atoms. The highest BCUT2D eigenvalue weighted by Gasteiger charge is 2.31. The Hall–Kier alpha value is -2.18. The van der Waals surface area contributed by atoms with E-state index in [4.69, 9.17) is 4.74 Å². The molecule has 0 aromatic heterocycles. The van der Waals surface area contributed by atoms with Crippen LogP contribution in [0.25, 0.3) is 0 Å². The number of allylic oxidation sites excluding steroid dienone is 1. The quantitative estimate of drug-likeness (QED) is 0.506. The molecule has 0 aliphatic carbocycles. The lowest BCUT2D eigenvalue weighted by molar-refractivity contribution is -0.362. The van der Waals surface area contributed by atoms with Gasteiger partial charge in [-0.15, -0.1) is 0 Å². The van der Waals surface area contributed by atoms with Crippen LogP contribution in [0.15, 0.2) is 35.7 Å². The highest BCUT2D eigenvalue weighted by atomic mass is 19.4. The van der Waals surface area contributed by atoms with Crippen LogP contribution in [0.3, 0.4) is 0 Å². The van der Waals surface area contributed by atoms with Gasteiger partial charge in [0.15, 0.2) is 0 Å². The normalized spacial score (nSPS) is 13.3. The van der Waals surface area contributed by atoms with Crippen LogP contribution in [0.1, 0.15) is 31.9 Å². The predicted molar refractivity (Wildman–Crippen MR) is 81.9 cm³/mol. The molecule has 0 unspecified atom stereocenters. The van der Waals surface area contributed by atoms with Crippen molar-refractivity contribution in [1.82, 2.24) is 5.32 Å². The van der Waals surface area contributed by atoms with Gasteiger partial charge < -0.3 is 15.2 Å². The summed E-state index contributed by atoms with van der Waals surface area (Å²) in [4.78, 5) is 11.6. The van der Waals surface area contributed by atoms with Gasteiger partial charge in [0.25, 0.3) is 0 Å². The monoisotopic (exact) mass is 344 g/mol. The van der Waals surface area contributed by atoms with Gasteiger partial charge in [-0.05, 0) is 16.5 Å². The van der Waals surface area contributed by atoms with E-state index in [1.807, 2.05) is 29.6 Å². The van der Waals surface area contributed by atoms with Crippen molar-refractivity contribution >= 4 is 5.97 Å². The number of rotatable bonds is 5. The molecule has 1 aromatic carbocycles. The molecule has 0 heterocycles. The average Bonchev–Trinajstić information content (AvgIpc) is 2.46. The molecule has 0 radical (unpaired) electrons. The summed E-state index contributed by atoms with van der Waals surface area (Å²) < 4.78 is 41.8. The summed E-state index contributed by atoms with van der Waals surface area (Å²) in [5, 5.41) is 13.0. The van der Waals surface area contributed by atoms with Crippen LogP contribution >= 0.6 is 0 Å². The number of likely N-dealkylation sites (N-methyl/N-ethyl adjacent to an activating group) is 1. The van der Waals surface area contributed by atoms with Crippen LogP contribution < -0.4 is 10.4 Å². The Kier molecular flexibility index (Phi) is 6.29. The van der Waals surface area contributed by atoms with E-state index in [0.717, 1.165) is 18.2 Å². The van der Waals surface area contributed by atoms with Crippen molar-refractivity contribution in [2.24, 2.45) is 0 Å². The first kappa shape index (κ1) is 19.9. The van der Waals surface area contributed by atoms with Gasteiger partial charge in [-0.1, -0.05) is 45.0 Å². The van der Waals surface area contributed by atoms with E-state index in [9.17, 15) is 23.1 Å². The molecular weight excluding hydrogens is 323 g/mol. The molecular formula is C17H21F3NO3-. The second-order valence-corrected chi connectivity index (χ2v) is 6.28. The lowest BCUT2D eigenvalue weighted by atomic mass is 9.86. The number of carbonyl (C=O) groups is 1. The van der Waals surface area contributed by atoms with E-state index >= 15 is 0 Å². The van der Waals surface area contributed by atoms with Gasteiger partial charge >= 0.3 is 12.1 Å². The Bertz CT molecular complexity index is 599. The van der Waals surface area contributed by atoms with E-state index < -0.39 is 23.6 Å². The molecule has 0 aliphatic rings. The SMILES string of the molecule is CN/C(C(=O)OCCc1ccc(C(C)(C)C)cc1)=C(/[O-])C(F)(F)F. The van der Waals surface area contributed by atoms with E-state index in [1.165, 1.54) is 0 Å². The minimum absolute atomic E-state index is 0.0135. The summed E-state index contributed by atoms with van der Waals surface area (Å²) >= 11 is 0. The largest absolute Gasteiger partial charge is 0.868 e. The van der Waals surface area contributed by atoms with Crippen LogP contribution in [0.4, 0.5) is 13.2 Å². The molecule has 0 fully saturated rings. The van der Waals surface area contributed by atoms with E-state index in [1.54, 1.807) is 0 Å². The van der Waals surface area contributed by atoms with Crippen molar-refractivity contribution in [2.45, 2.75) is 38.8 Å². The Balaban J connectivity index is 2.65. The first-order valence-corrected chi connectivity index (χ1v) is 7.39. The van der Waals surface area contributed by atoms with Gasteiger partial charge in [0.1, 0.15) is 5.70 Å². The molecule has 0 saturated carbocycles. The average molecular weight is 344 g/mol. The Morgan fingerprint density at radius 2 is 1.71 bits per heavy atom. The highest BCUT2D eigenvalue weighted by Crippen LogP contribution is 2.24. The minimum atomic E-state index is -5.12. The molecule has 1 rings (SSSR count). The third-order valence-electron chi connectivity index (χ3n) is 3.38. The van der Waals surface area contributed by atoms with Crippen molar-refractivity contribution in [3.63, 3.8) is 0 Å². The molecule has 0 bridgehead atoms. The van der Waals surface area contributed by atoms with Crippen molar-refractivity contribution in [3.05, 3.63) is 46.8 Å². The fourth-order valence-electron chi connectivity index (χ4n) is 1.96. The summed E-state index contributed by atoms with van der Waals surface area (Å²) in [7, 11) is 1.06. The highest BCUT2D eigenvalue weighted by molar-refractivity contribution is 5.88. The van der Waals surface area contributed by atoms with Crippen molar-refractivity contribution in [1.29, 1.82) is 0 Å². The fourth-order valence-corrected chi connectivity index (χ4v) is 1.96. The lowest BCUT2D eigenvalue weighted by Gasteiger charge is -2.20. The first-order valence-electron chi connectivity index (χ1n) is 7.39. The maximum atomic E-state index is 12.3. The molecule has 0 spiro atoms. The van der Waals surface area contributed by atoms with Crippen LogP contribution in [-0.2, 0) is 21.4 Å². The second-order valence-electron chi connectivity index (χ2n) is 6.28. The molecule has 0 saturated heterocycles. The van der Waals surface area contributed by atoms with Crippen LogP contribution in [0.2, 0.25) is 0 Å². The third-order valence-corrected chi connectivity index (χ3v) is 3.38. The number of hydrogen-bond donors (Lipinski definition) is 1. The van der Waals surface area contributed by atoms with E-state index in [0.29, 0.717) is 6.42 Å².